The van der Waals surface area contributed by atoms with Gasteiger partial charge in [-0.1, -0.05) is 72.0 Å². The van der Waals surface area contributed by atoms with E-state index in [0.29, 0.717) is 22.7 Å². The number of hydrogen-bond acceptors (Lipinski definition) is 1. The fourth-order valence-corrected chi connectivity index (χ4v) is 8.93. The van der Waals surface area contributed by atoms with E-state index in [1.165, 1.54) is 64.2 Å². The molecule has 4 aliphatic carbocycles. The largest absolute Gasteiger partial charge is 0.393 e. The average molecular weight is 401 g/mol. The predicted octanol–water partition coefficient (Wildman–Crippen LogP) is 7.78. The standard InChI is InChI=1S/C28H48O/c1-18(2)8-7-9-19(3)22-12-13-24-21-10-11-23-20(4)26(29)15-17-28(23,6)25(21)14-16-27(22,24)5/h18-20,22-24,26,29H,7-17H2,1-6H3/t19-,20-,22?,23?,24?,26-,27+,28-/m0/s1. The minimum absolute atomic E-state index is 0.0633. The van der Waals surface area contributed by atoms with Crippen molar-refractivity contribution < 1.29 is 5.11 Å². The average Bonchev–Trinajstić information content (AvgIpc) is 3.02. The third kappa shape index (κ3) is 3.56. The van der Waals surface area contributed by atoms with Gasteiger partial charge < -0.3 is 5.11 Å². The van der Waals surface area contributed by atoms with E-state index >= 15 is 0 Å². The van der Waals surface area contributed by atoms with E-state index in [1.807, 2.05) is 11.1 Å². The molecule has 0 amide bonds. The van der Waals surface area contributed by atoms with Gasteiger partial charge >= 0.3 is 0 Å². The molecule has 0 heterocycles. The zero-order chi connectivity index (χ0) is 21.0. The highest BCUT2D eigenvalue weighted by atomic mass is 16.3. The molecule has 1 heteroatoms. The molecule has 2 fully saturated rings. The summed E-state index contributed by atoms with van der Waals surface area (Å²) < 4.78 is 0. The number of rotatable bonds is 5. The van der Waals surface area contributed by atoms with Crippen LogP contribution in [0.25, 0.3) is 0 Å². The highest BCUT2D eigenvalue weighted by molar-refractivity contribution is 5.34. The maximum absolute atomic E-state index is 10.5. The minimum atomic E-state index is -0.0633. The van der Waals surface area contributed by atoms with Gasteiger partial charge in [-0.15, -0.1) is 0 Å². The first kappa shape index (κ1) is 21.9. The van der Waals surface area contributed by atoms with Crippen molar-refractivity contribution in [1.82, 2.24) is 0 Å². The molecule has 0 radical (unpaired) electrons. The normalized spacial score (nSPS) is 45.7. The minimum Gasteiger partial charge on any atom is -0.393 e. The highest BCUT2D eigenvalue weighted by Crippen LogP contribution is 2.66. The van der Waals surface area contributed by atoms with Crippen LogP contribution in [0.1, 0.15) is 112 Å². The number of hydrogen-bond donors (Lipinski definition) is 1. The molecule has 0 aromatic carbocycles. The molecule has 0 aromatic rings. The molecule has 8 atom stereocenters. The second kappa shape index (κ2) is 7.99. The van der Waals surface area contributed by atoms with E-state index < -0.39 is 0 Å². The Balaban J connectivity index is 1.54. The maximum atomic E-state index is 10.5. The first-order valence-electron chi connectivity index (χ1n) is 13.1. The lowest BCUT2D eigenvalue weighted by Gasteiger charge is -2.56. The first-order valence-corrected chi connectivity index (χ1v) is 13.1. The second-order valence-corrected chi connectivity index (χ2v) is 12.6. The van der Waals surface area contributed by atoms with Crippen molar-refractivity contribution in [2.24, 2.45) is 46.3 Å². The first-order chi connectivity index (χ1) is 13.7. The molecule has 2 saturated carbocycles. The van der Waals surface area contributed by atoms with Crippen molar-refractivity contribution in [3.63, 3.8) is 0 Å². The lowest BCUT2D eigenvalue weighted by atomic mass is 9.49. The zero-order valence-electron chi connectivity index (χ0n) is 20.3. The van der Waals surface area contributed by atoms with Crippen molar-refractivity contribution in [3.8, 4) is 0 Å². The van der Waals surface area contributed by atoms with Crippen molar-refractivity contribution in [3.05, 3.63) is 11.1 Å². The van der Waals surface area contributed by atoms with E-state index in [9.17, 15) is 5.11 Å². The summed E-state index contributed by atoms with van der Waals surface area (Å²) in [5.41, 5.74) is 4.73. The van der Waals surface area contributed by atoms with Gasteiger partial charge in [0.2, 0.25) is 0 Å². The summed E-state index contributed by atoms with van der Waals surface area (Å²) in [5.74, 6) is 4.73. The van der Waals surface area contributed by atoms with Crippen LogP contribution >= 0.6 is 0 Å². The van der Waals surface area contributed by atoms with Gasteiger partial charge in [-0.2, -0.15) is 0 Å². The van der Waals surface area contributed by atoms with Crippen molar-refractivity contribution in [2.45, 2.75) is 118 Å². The van der Waals surface area contributed by atoms with Crippen molar-refractivity contribution in [1.29, 1.82) is 0 Å². The van der Waals surface area contributed by atoms with Gasteiger partial charge in [-0.05, 0) is 97.7 Å². The van der Waals surface area contributed by atoms with Crippen molar-refractivity contribution >= 4 is 0 Å². The number of allylic oxidation sites excluding steroid dienone is 2. The Labute approximate surface area is 181 Å². The maximum Gasteiger partial charge on any atom is 0.0569 e. The fraction of sp³-hybridized carbons (Fsp3) is 0.929. The number of aliphatic hydroxyl groups excluding tert-OH is 1. The molecule has 29 heavy (non-hydrogen) atoms. The molecule has 1 N–H and O–H groups in total. The number of aliphatic hydroxyl groups is 1. The Morgan fingerprint density at radius 1 is 0.966 bits per heavy atom. The highest BCUT2D eigenvalue weighted by Gasteiger charge is 2.56. The van der Waals surface area contributed by atoms with Gasteiger partial charge in [-0.25, -0.2) is 0 Å². The predicted molar refractivity (Wildman–Crippen MR) is 124 cm³/mol. The van der Waals surface area contributed by atoms with Crippen LogP contribution in [0.4, 0.5) is 0 Å². The van der Waals surface area contributed by atoms with E-state index in [-0.39, 0.29) is 6.10 Å². The smallest absolute Gasteiger partial charge is 0.0569 e. The molecule has 0 aromatic heterocycles. The molecule has 1 nitrogen and oxygen atoms in total. The Morgan fingerprint density at radius 2 is 1.72 bits per heavy atom. The quantitative estimate of drug-likeness (QED) is 0.467. The summed E-state index contributed by atoms with van der Waals surface area (Å²) >= 11 is 0. The van der Waals surface area contributed by atoms with Crippen LogP contribution in [0, 0.1) is 46.3 Å². The molecule has 0 spiro atoms. The van der Waals surface area contributed by atoms with Gasteiger partial charge in [0, 0.05) is 0 Å². The summed E-state index contributed by atoms with van der Waals surface area (Å²) in [6, 6.07) is 0. The molecule has 166 valence electrons. The SMILES string of the molecule is CC(C)CCC[C@H](C)C1CCC2C3=C(CC[C@@]21C)[C@@]1(C)CC[C@H](O)[C@@H](C)C1CC3. The Bertz CT molecular complexity index is 632. The third-order valence-electron chi connectivity index (χ3n) is 10.7. The number of fused-ring (bicyclic) bond motifs is 4. The van der Waals surface area contributed by atoms with E-state index in [1.54, 1.807) is 0 Å². The Morgan fingerprint density at radius 3 is 2.45 bits per heavy atom. The van der Waals surface area contributed by atoms with Gasteiger partial charge in [0.05, 0.1) is 6.10 Å². The monoisotopic (exact) mass is 400 g/mol. The lowest BCUT2D eigenvalue weighted by Crippen LogP contribution is -2.49. The van der Waals surface area contributed by atoms with Gasteiger partial charge in [0.1, 0.15) is 0 Å². The Hall–Kier alpha value is -0.300. The van der Waals surface area contributed by atoms with Gasteiger partial charge in [0.15, 0.2) is 0 Å². The summed E-state index contributed by atoms with van der Waals surface area (Å²) in [6.07, 6.45) is 14.8. The van der Waals surface area contributed by atoms with Gasteiger partial charge in [0.25, 0.3) is 0 Å². The zero-order valence-corrected chi connectivity index (χ0v) is 20.3. The van der Waals surface area contributed by atoms with E-state index in [2.05, 4.69) is 41.5 Å². The van der Waals surface area contributed by atoms with Crippen LogP contribution in [0.3, 0.4) is 0 Å². The lowest BCUT2D eigenvalue weighted by molar-refractivity contribution is -0.0336. The van der Waals surface area contributed by atoms with Crippen LogP contribution < -0.4 is 0 Å². The second-order valence-electron chi connectivity index (χ2n) is 12.6. The summed E-state index contributed by atoms with van der Waals surface area (Å²) in [5, 5.41) is 10.5. The molecule has 0 aliphatic heterocycles. The van der Waals surface area contributed by atoms with Crippen LogP contribution in [0.15, 0.2) is 11.1 Å². The van der Waals surface area contributed by atoms with Crippen LogP contribution in [-0.2, 0) is 0 Å². The third-order valence-corrected chi connectivity index (χ3v) is 10.7. The fourth-order valence-electron chi connectivity index (χ4n) is 8.93. The molecular weight excluding hydrogens is 352 g/mol. The Kier molecular flexibility index (Phi) is 6.04. The molecule has 3 unspecified atom stereocenters. The molecule has 0 saturated heterocycles. The molecule has 4 aliphatic rings. The van der Waals surface area contributed by atoms with Crippen molar-refractivity contribution in [2.75, 3.05) is 0 Å². The molecular formula is C28H48O. The molecule has 4 rings (SSSR count). The van der Waals surface area contributed by atoms with Crippen LogP contribution in [-0.4, -0.2) is 11.2 Å². The molecule has 0 bridgehead atoms. The topological polar surface area (TPSA) is 20.2 Å². The van der Waals surface area contributed by atoms with Gasteiger partial charge in [-0.3, -0.25) is 0 Å². The van der Waals surface area contributed by atoms with E-state index in [4.69, 9.17) is 0 Å². The summed E-state index contributed by atoms with van der Waals surface area (Å²) in [6.45, 7) is 14.9. The van der Waals surface area contributed by atoms with Crippen LogP contribution in [0.2, 0.25) is 0 Å². The van der Waals surface area contributed by atoms with Crippen LogP contribution in [0.5, 0.6) is 0 Å². The summed E-state index contributed by atoms with van der Waals surface area (Å²) in [7, 11) is 0. The summed E-state index contributed by atoms with van der Waals surface area (Å²) in [4.78, 5) is 0. The van der Waals surface area contributed by atoms with E-state index in [0.717, 1.165) is 30.1 Å².